The molecule has 4 atom stereocenters. The lowest BCUT2D eigenvalue weighted by atomic mass is 10.0. The Morgan fingerprint density at radius 2 is 1.48 bits per heavy atom. The van der Waals surface area contributed by atoms with Crippen LogP contribution in [0.2, 0.25) is 0 Å². The van der Waals surface area contributed by atoms with E-state index in [1.54, 1.807) is 13.8 Å². The van der Waals surface area contributed by atoms with E-state index in [4.69, 9.17) is 32.5 Å². The number of hydrogen-bond acceptors (Lipinski definition) is 8. The number of carbonyl (C=O) groups is 5. The zero-order valence-electron chi connectivity index (χ0n) is 18.5. The summed E-state index contributed by atoms with van der Waals surface area (Å²) >= 11 is 0. The molecule has 188 valence electrons. The van der Waals surface area contributed by atoms with Gasteiger partial charge in [0.25, 0.3) is 0 Å². The number of aliphatic hydroxyl groups is 1. The Labute approximate surface area is 190 Å². The maximum absolute atomic E-state index is 12.7. The predicted octanol–water partition coefficient (Wildman–Crippen LogP) is -3.97. The first-order valence-electron chi connectivity index (χ1n) is 10.1. The van der Waals surface area contributed by atoms with Crippen LogP contribution in [-0.4, -0.2) is 88.3 Å². The molecule has 0 aliphatic heterocycles. The Morgan fingerprint density at radius 3 is 1.94 bits per heavy atom. The third-order valence-electron chi connectivity index (χ3n) is 4.36. The average Bonchev–Trinajstić information content (AvgIpc) is 2.70. The highest BCUT2D eigenvalue weighted by Gasteiger charge is 2.32. The molecule has 0 unspecified atom stereocenters. The number of guanidine groups is 1. The van der Waals surface area contributed by atoms with Crippen molar-refractivity contribution in [2.75, 3.05) is 13.2 Å². The van der Waals surface area contributed by atoms with Crippen LogP contribution in [0.3, 0.4) is 0 Å². The van der Waals surface area contributed by atoms with E-state index in [0.29, 0.717) is 6.42 Å². The molecule has 0 saturated carbocycles. The SMILES string of the molecule is CC(C)[C@H](NC(=O)[C@@H](N)CCCN=C(N)N)C(=O)N[C@@H](CC(=O)O)C(=O)N[C@@H](CO)C(=O)O. The highest BCUT2D eigenvalue weighted by atomic mass is 16.4. The van der Waals surface area contributed by atoms with E-state index in [9.17, 15) is 24.0 Å². The topological polar surface area (TPSA) is 273 Å². The molecule has 0 rings (SSSR count). The smallest absolute Gasteiger partial charge is 0.328 e. The fraction of sp³-hybridized carbons (Fsp3) is 0.667. The Morgan fingerprint density at radius 1 is 0.909 bits per heavy atom. The number of hydrogen-bond donors (Lipinski definition) is 9. The lowest BCUT2D eigenvalue weighted by Crippen LogP contribution is -2.59. The third-order valence-corrected chi connectivity index (χ3v) is 4.36. The number of amides is 3. The van der Waals surface area contributed by atoms with Crippen LogP contribution in [0.15, 0.2) is 4.99 Å². The van der Waals surface area contributed by atoms with Crippen molar-refractivity contribution in [2.24, 2.45) is 28.1 Å². The number of nitrogens with one attached hydrogen (secondary N) is 3. The summed E-state index contributed by atoms with van der Waals surface area (Å²) < 4.78 is 0. The molecule has 15 nitrogen and oxygen atoms in total. The van der Waals surface area contributed by atoms with Crippen LogP contribution in [-0.2, 0) is 24.0 Å². The van der Waals surface area contributed by atoms with Crippen LogP contribution < -0.4 is 33.2 Å². The lowest BCUT2D eigenvalue weighted by Gasteiger charge is -2.26. The van der Waals surface area contributed by atoms with Crippen LogP contribution in [0.5, 0.6) is 0 Å². The minimum Gasteiger partial charge on any atom is -0.481 e. The maximum Gasteiger partial charge on any atom is 0.328 e. The number of carboxylic acids is 2. The van der Waals surface area contributed by atoms with Crippen LogP contribution in [0.25, 0.3) is 0 Å². The molecule has 0 heterocycles. The normalized spacial score (nSPS) is 14.3. The largest absolute Gasteiger partial charge is 0.481 e. The second-order valence-corrected chi connectivity index (χ2v) is 7.53. The quantitative estimate of drug-likeness (QED) is 0.0625. The van der Waals surface area contributed by atoms with Gasteiger partial charge in [-0.05, 0) is 18.8 Å². The second kappa shape index (κ2) is 14.6. The molecule has 0 bridgehead atoms. The molecular formula is C18H33N7O8. The molecule has 0 radical (unpaired) electrons. The van der Waals surface area contributed by atoms with Gasteiger partial charge in [0, 0.05) is 6.54 Å². The van der Waals surface area contributed by atoms with Crippen molar-refractivity contribution in [3.63, 3.8) is 0 Å². The van der Waals surface area contributed by atoms with E-state index in [1.165, 1.54) is 0 Å². The van der Waals surface area contributed by atoms with Crippen molar-refractivity contribution < 1.29 is 39.3 Å². The molecule has 0 aromatic carbocycles. The van der Waals surface area contributed by atoms with Gasteiger partial charge in [0.1, 0.15) is 18.1 Å². The van der Waals surface area contributed by atoms with Gasteiger partial charge < -0.3 is 48.5 Å². The maximum atomic E-state index is 12.7. The fourth-order valence-corrected chi connectivity index (χ4v) is 2.55. The summed E-state index contributed by atoms with van der Waals surface area (Å²) in [5.41, 5.74) is 16.2. The van der Waals surface area contributed by atoms with Gasteiger partial charge in [-0.2, -0.15) is 0 Å². The van der Waals surface area contributed by atoms with Crippen LogP contribution in [0.1, 0.15) is 33.1 Å². The third kappa shape index (κ3) is 11.6. The first-order chi connectivity index (χ1) is 15.3. The molecule has 0 aliphatic rings. The average molecular weight is 476 g/mol. The molecule has 0 fully saturated rings. The van der Waals surface area contributed by atoms with Gasteiger partial charge in [-0.1, -0.05) is 13.8 Å². The van der Waals surface area contributed by atoms with Crippen LogP contribution >= 0.6 is 0 Å². The van der Waals surface area contributed by atoms with Crippen molar-refractivity contribution in [3.8, 4) is 0 Å². The Balaban J connectivity index is 5.23. The van der Waals surface area contributed by atoms with Gasteiger partial charge in [0.2, 0.25) is 17.7 Å². The van der Waals surface area contributed by atoms with Gasteiger partial charge in [-0.3, -0.25) is 24.2 Å². The van der Waals surface area contributed by atoms with E-state index < -0.39 is 72.8 Å². The predicted molar refractivity (Wildman–Crippen MR) is 115 cm³/mol. The van der Waals surface area contributed by atoms with Crippen molar-refractivity contribution >= 4 is 35.6 Å². The van der Waals surface area contributed by atoms with Gasteiger partial charge >= 0.3 is 11.9 Å². The molecule has 15 heteroatoms. The summed E-state index contributed by atoms with van der Waals surface area (Å²) in [6.45, 7) is 2.52. The number of aliphatic imine (C=N–C) groups is 1. The molecule has 0 aromatic heterocycles. The standard InChI is InChI=1S/C18H33N7O8/c1-8(2)13(25-14(29)9(19)4-3-5-22-18(20)21)16(31)23-10(6-12(27)28)15(30)24-11(7-26)17(32)33/h8-11,13,26H,3-7,19H2,1-2H3,(H,23,31)(H,24,30)(H,25,29)(H,27,28)(H,32,33)(H4,20,21,22)/t9-,10-,11-,13-/m0/s1. The van der Waals surface area contributed by atoms with Gasteiger partial charge in [-0.25, -0.2) is 4.79 Å². The zero-order valence-corrected chi connectivity index (χ0v) is 18.5. The summed E-state index contributed by atoms with van der Waals surface area (Å²) in [5, 5.41) is 33.6. The van der Waals surface area contributed by atoms with E-state index in [1.807, 2.05) is 5.32 Å². The molecule has 12 N–H and O–H groups in total. The molecule has 0 aliphatic carbocycles. The van der Waals surface area contributed by atoms with Crippen molar-refractivity contribution in [1.82, 2.24) is 16.0 Å². The highest BCUT2D eigenvalue weighted by Crippen LogP contribution is 2.06. The molecule has 3 amide bonds. The van der Waals surface area contributed by atoms with Crippen LogP contribution in [0, 0.1) is 5.92 Å². The van der Waals surface area contributed by atoms with E-state index in [-0.39, 0.29) is 18.9 Å². The van der Waals surface area contributed by atoms with E-state index >= 15 is 0 Å². The van der Waals surface area contributed by atoms with Crippen molar-refractivity contribution in [3.05, 3.63) is 0 Å². The minimum atomic E-state index is -1.69. The highest BCUT2D eigenvalue weighted by molar-refractivity contribution is 5.95. The number of rotatable bonds is 15. The Hall–Kier alpha value is -3.46. The minimum absolute atomic E-state index is 0.0989. The van der Waals surface area contributed by atoms with E-state index in [2.05, 4.69) is 15.6 Å². The monoisotopic (exact) mass is 475 g/mol. The molecule has 0 aromatic rings. The number of nitrogens with two attached hydrogens (primary N) is 3. The Bertz CT molecular complexity index is 739. The molecule has 0 spiro atoms. The van der Waals surface area contributed by atoms with Crippen LogP contribution in [0.4, 0.5) is 0 Å². The summed E-state index contributed by atoms with van der Waals surface area (Å²) in [7, 11) is 0. The first kappa shape index (κ1) is 29.5. The van der Waals surface area contributed by atoms with Gasteiger partial charge in [-0.15, -0.1) is 0 Å². The molecule has 33 heavy (non-hydrogen) atoms. The number of aliphatic carboxylic acids is 2. The summed E-state index contributed by atoms with van der Waals surface area (Å²) in [6, 6.07) is -5.50. The zero-order chi connectivity index (χ0) is 25.7. The summed E-state index contributed by atoms with van der Waals surface area (Å²) in [4.78, 5) is 63.3. The van der Waals surface area contributed by atoms with E-state index in [0.717, 1.165) is 0 Å². The summed E-state index contributed by atoms with van der Waals surface area (Å²) in [6.07, 6.45) is -0.239. The first-order valence-corrected chi connectivity index (χ1v) is 10.1. The van der Waals surface area contributed by atoms with Crippen molar-refractivity contribution in [1.29, 1.82) is 0 Å². The van der Waals surface area contributed by atoms with Gasteiger partial charge in [0.15, 0.2) is 5.96 Å². The lowest BCUT2D eigenvalue weighted by molar-refractivity contribution is -0.144. The fourth-order valence-electron chi connectivity index (χ4n) is 2.55. The Kier molecular flexibility index (Phi) is 13.0. The van der Waals surface area contributed by atoms with Crippen molar-refractivity contribution in [2.45, 2.75) is 57.3 Å². The second-order valence-electron chi connectivity index (χ2n) is 7.53. The number of aliphatic hydroxyl groups excluding tert-OH is 1. The van der Waals surface area contributed by atoms with Gasteiger partial charge in [0.05, 0.1) is 19.1 Å². The number of carboxylic acid groups (broad SMARTS) is 2. The molecule has 0 saturated heterocycles. The molecular weight excluding hydrogens is 442 g/mol. The number of nitrogens with zero attached hydrogens (tertiary/aromatic N) is 1. The summed E-state index contributed by atoms with van der Waals surface area (Å²) in [5.74, 6) is -6.22. The number of carbonyl (C=O) groups excluding carboxylic acids is 3.